The normalized spacial score (nSPS) is 10.8. The van der Waals surface area contributed by atoms with Gasteiger partial charge in [0, 0.05) is 11.9 Å². The fraction of sp³-hybridized carbons (Fsp3) is 0.625. The highest BCUT2D eigenvalue weighted by molar-refractivity contribution is 9.09. The van der Waals surface area contributed by atoms with Gasteiger partial charge in [0.25, 0.3) is 0 Å². The van der Waals surface area contributed by atoms with Crippen LogP contribution in [0, 0.1) is 0 Å². The van der Waals surface area contributed by atoms with E-state index in [1.807, 2.05) is 31.2 Å². The molecule has 1 rings (SSSR count). The summed E-state index contributed by atoms with van der Waals surface area (Å²) in [5, 5.41) is 1.11. The number of halogens is 1. The fourth-order valence-corrected chi connectivity index (χ4v) is 2.32. The topological polar surface area (TPSA) is 21.7 Å². The molecule has 20 heavy (non-hydrogen) atoms. The van der Waals surface area contributed by atoms with Gasteiger partial charge in [-0.15, -0.1) is 0 Å². The van der Waals surface area contributed by atoms with Gasteiger partial charge in [0.2, 0.25) is 0 Å². The van der Waals surface area contributed by atoms with E-state index in [0.29, 0.717) is 13.2 Å². The van der Waals surface area contributed by atoms with Crippen LogP contribution in [-0.4, -0.2) is 43.6 Å². The van der Waals surface area contributed by atoms with Gasteiger partial charge in [0.05, 0.1) is 6.61 Å². The minimum Gasteiger partial charge on any atom is -0.490 e. The molecule has 0 spiro atoms. The van der Waals surface area contributed by atoms with E-state index < -0.39 is 0 Å². The summed E-state index contributed by atoms with van der Waals surface area (Å²) in [6, 6.07) is 7.85. The fourth-order valence-electron chi connectivity index (χ4n) is 1.92. The molecule has 0 radical (unpaired) electrons. The first-order chi connectivity index (χ1) is 9.77. The molecular weight excluding hydrogens is 318 g/mol. The summed E-state index contributed by atoms with van der Waals surface area (Å²) < 4.78 is 11.4. The highest BCUT2D eigenvalue weighted by Gasteiger charge is 2.04. The van der Waals surface area contributed by atoms with Crippen molar-refractivity contribution in [3.05, 3.63) is 24.3 Å². The van der Waals surface area contributed by atoms with Crippen LogP contribution in [0.2, 0.25) is 0 Å². The smallest absolute Gasteiger partial charge is 0.161 e. The van der Waals surface area contributed by atoms with E-state index in [-0.39, 0.29) is 0 Å². The lowest BCUT2D eigenvalue weighted by molar-refractivity contribution is 0.224. The summed E-state index contributed by atoms with van der Waals surface area (Å²) in [7, 11) is 2.14. The Labute approximate surface area is 131 Å². The highest BCUT2D eigenvalue weighted by atomic mass is 79.9. The molecule has 0 fully saturated rings. The maximum absolute atomic E-state index is 5.81. The largest absolute Gasteiger partial charge is 0.490 e. The van der Waals surface area contributed by atoms with E-state index in [0.717, 1.165) is 29.9 Å². The van der Waals surface area contributed by atoms with Crippen molar-refractivity contribution in [3.63, 3.8) is 0 Å². The van der Waals surface area contributed by atoms with Crippen LogP contribution in [-0.2, 0) is 0 Å². The van der Waals surface area contributed by atoms with Crippen LogP contribution >= 0.6 is 15.9 Å². The van der Waals surface area contributed by atoms with Crippen LogP contribution in [0.4, 0.5) is 0 Å². The Morgan fingerprint density at radius 3 is 2.35 bits per heavy atom. The zero-order valence-electron chi connectivity index (χ0n) is 12.6. The second kappa shape index (κ2) is 11.0. The van der Waals surface area contributed by atoms with Crippen LogP contribution < -0.4 is 9.47 Å². The van der Waals surface area contributed by atoms with E-state index in [2.05, 4.69) is 27.9 Å². The number of nitrogens with zero attached hydrogens (tertiary/aromatic N) is 1. The third kappa shape index (κ3) is 7.15. The number of hydrogen-bond acceptors (Lipinski definition) is 3. The van der Waals surface area contributed by atoms with Crippen molar-refractivity contribution in [2.45, 2.75) is 26.2 Å². The summed E-state index contributed by atoms with van der Waals surface area (Å²) in [5.41, 5.74) is 0. The first-order valence-corrected chi connectivity index (χ1v) is 8.49. The van der Waals surface area contributed by atoms with Gasteiger partial charge >= 0.3 is 0 Å². The van der Waals surface area contributed by atoms with Crippen LogP contribution in [0.25, 0.3) is 0 Å². The quantitative estimate of drug-likeness (QED) is 0.448. The molecule has 0 heterocycles. The Balaban J connectivity index is 2.23. The highest BCUT2D eigenvalue weighted by Crippen LogP contribution is 2.26. The lowest BCUT2D eigenvalue weighted by atomic mass is 10.2. The van der Waals surface area contributed by atoms with E-state index in [1.165, 1.54) is 19.3 Å². The second-order valence-electron chi connectivity index (χ2n) is 4.78. The number of alkyl halides is 1. The molecule has 1 aromatic rings. The first kappa shape index (κ1) is 17.3. The number of ether oxygens (including phenoxy) is 2. The predicted octanol–water partition coefficient (Wildman–Crippen LogP) is 3.96. The Hall–Kier alpha value is -0.740. The van der Waals surface area contributed by atoms with Crippen molar-refractivity contribution in [2.75, 3.05) is 38.7 Å². The maximum Gasteiger partial charge on any atom is 0.161 e. The Morgan fingerprint density at radius 2 is 1.70 bits per heavy atom. The molecule has 0 aliphatic carbocycles. The molecule has 0 atom stereocenters. The van der Waals surface area contributed by atoms with E-state index in [4.69, 9.17) is 9.47 Å². The molecule has 0 saturated heterocycles. The molecule has 3 nitrogen and oxygen atoms in total. The Bertz CT molecular complexity index is 360. The molecule has 0 aliphatic heterocycles. The van der Waals surface area contributed by atoms with Gasteiger partial charge in [0.15, 0.2) is 11.5 Å². The lowest BCUT2D eigenvalue weighted by Gasteiger charge is -2.17. The minimum atomic E-state index is 0.661. The van der Waals surface area contributed by atoms with Gasteiger partial charge in [-0.1, -0.05) is 34.5 Å². The van der Waals surface area contributed by atoms with Crippen LogP contribution in [0.1, 0.15) is 26.2 Å². The Kier molecular flexibility index (Phi) is 9.50. The van der Waals surface area contributed by atoms with Crippen molar-refractivity contribution in [1.29, 1.82) is 0 Å². The molecule has 0 aromatic heterocycles. The summed E-state index contributed by atoms with van der Waals surface area (Å²) in [6.07, 6.45) is 3.79. The van der Waals surface area contributed by atoms with Gasteiger partial charge < -0.3 is 14.4 Å². The monoisotopic (exact) mass is 343 g/mol. The molecule has 0 saturated carbocycles. The van der Waals surface area contributed by atoms with Crippen molar-refractivity contribution in [1.82, 2.24) is 4.90 Å². The average molecular weight is 344 g/mol. The van der Waals surface area contributed by atoms with E-state index in [9.17, 15) is 0 Å². The van der Waals surface area contributed by atoms with Gasteiger partial charge in [-0.2, -0.15) is 0 Å². The minimum absolute atomic E-state index is 0.661. The SMILES string of the molecule is CCOc1ccccc1OCCN(C)CCCCCBr. The number of benzene rings is 1. The zero-order chi connectivity index (χ0) is 14.6. The van der Waals surface area contributed by atoms with E-state index in [1.54, 1.807) is 0 Å². The van der Waals surface area contributed by atoms with E-state index >= 15 is 0 Å². The van der Waals surface area contributed by atoms with Gasteiger partial charge in [-0.05, 0) is 45.5 Å². The molecular formula is C16H26BrNO2. The molecule has 1 aromatic carbocycles. The second-order valence-corrected chi connectivity index (χ2v) is 5.57. The standard InChI is InChI=1S/C16H26BrNO2/c1-3-19-15-9-5-6-10-16(15)20-14-13-18(2)12-8-4-7-11-17/h5-6,9-10H,3-4,7-8,11-14H2,1-2H3. The van der Waals surface area contributed by atoms with Crippen molar-refractivity contribution >= 4 is 15.9 Å². The summed E-state index contributed by atoms with van der Waals surface area (Å²) in [4.78, 5) is 2.32. The third-order valence-electron chi connectivity index (χ3n) is 3.05. The molecule has 0 aliphatic rings. The van der Waals surface area contributed by atoms with Gasteiger partial charge in [-0.25, -0.2) is 0 Å². The lowest BCUT2D eigenvalue weighted by Crippen LogP contribution is -2.25. The molecule has 0 unspecified atom stereocenters. The van der Waals surface area contributed by atoms with Crippen LogP contribution in [0.3, 0.4) is 0 Å². The number of hydrogen-bond donors (Lipinski definition) is 0. The summed E-state index contributed by atoms with van der Waals surface area (Å²) in [6.45, 7) is 5.41. The number of para-hydroxylation sites is 2. The third-order valence-corrected chi connectivity index (χ3v) is 3.61. The number of likely N-dealkylation sites (N-methyl/N-ethyl adjacent to an activating group) is 1. The zero-order valence-corrected chi connectivity index (χ0v) is 14.2. The summed E-state index contributed by atoms with van der Waals surface area (Å²) >= 11 is 3.46. The van der Waals surface area contributed by atoms with Crippen molar-refractivity contribution in [2.24, 2.45) is 0 Å². The summed E-state index contributed by atoms with van der Waals surface area (Å²) in [5.74, 6) is 1.66. The molecule has 0 bridgehead atoms. The van der Waals surface area contributed by atoms with Gasteiger partial charge in [0.1, 0.15) is 6.61 Å². The average Bonchev–Trinajstić information content (AvgIpc) is 2.46. The number of unbranched alkanes of at least 4 members (excludes halogenated alkanes) is 2. The maximum atomic E-state index is 5.81. The van der Waals surface area contributed by atoms with Crippen LogP contribution in [0.15, 0.2) is 24.3 Å². The Morgan fingerprint density at radius 1 is 1.00 bits per heavy atom. The molecule has 114 valence electrons. The predicted molar refractivity (Wildman–Crippen MR) is 88.2 cm³/mol. The first-order valence-electron chi connectivity index (χ1n) is 7.37. The van der Waals surface area contributed by atoms with Gasteiger partial charge in [-0.3, -0.25) is 0 Å². The van der Waals surface area contributed by atoms with Crippen molar-refractivity contribution in [3.8, 4) is 11.5 Å². The molecule has 0 amide bonds. The molecule has 0 N–H and O–H groups in total. The van der Waals surface area contributed by atoms with Crippen LogP contribution in [0.5, 0.6) is 11.5 Å². The number of rotatable bonds is 11. The molecule has 4 heteroatoms. The van der Waals surface area contributed by atoms with Crippen molar-refractivity contribution < 1.29 is 9.47 Å².